The number of urea groups is 1. The van der Waals surface area contributed by atoms with E-state index >= 15 is 0 Å². The number of morpholine rings is 1. The van der Waals surface area contributed by atoms with Crippen LogP contribution < -0.4 is 15.4 Å². The van der Waals surface area contributed by atoms with Crippen molar-refractivity contribution in [1.29, 1.82) is 0 Å². The molecular weight excluding hydrogens is 490 g/mol. The topological polar surface area (TPSA) is 88.6 Å². The highest BCUT2D eigenvalue weighted by Gasteiger charge is 2.18. The van der Waals surface area contributed by atoms with Crippen LogP contribution in [0.3, 0.4) is 0 Å². The lowest BCUT2D eigenvalue weighted by atomic mass is 9.87. The van der Waals surface area contributed by atoms with Gasteiger partial charge in [0.2, 0.25) is 0 Å². The maximum atomic E-state index is 13.1. The van der Waals surface area contributed by atoms with E-state index in [1.807, 2.05) is 67.0 Å². The Kier molecular flexibility index (Phi) is 7.77. The average Bonchev–Trinajstić information content (AvgIpc) is 2.94. The Morgan fingerprint density at radius 1 is 0.949 bits per heavy atom. The maximum Gasteiger partial charge on any atom is 0.323 e. The summed E-state index contributed by atoms with van der Waals surface area (Å²) in [6.07, 6.45) is 3.67. The quantitative estimate of drug-likeness (QED) is 0.317. The van der Waals surface area contributed by atoms with E-state index in [0.29, 0.717) is 17.1 Å². The van der Waals surface area contributed by atoms with Gasteiger partial charge in [-0.25, -0.2) is 4.79 Å². The van der Waals surface area contributed by atoms with Crippen LogP contribution in [0.15, 0.2) is 67.0 Å². The van der Waals surface area contributed by atoms with Crippen molar-refractivity contribution in [3.8, 4) is 17.0 Å². The summed E-state index contributed by atoms with van der Waals surface area (Å²) in [5.41, 5.74) is 5.05. The number of carbonyl (C=O) groups is 1. The first-order chi connectivity index (χ1) is 18.8. The number of fused-ring (bicyclic) bond motifs is 1. The minimum absolute atomic E-state index is 0.0607. The van der Waals surface area contributed by atoms with Gasteiger partial charge in [0.15, 0.2) is 0 Å². The number of amides is 2. The summed E-state index contributed by atoms with van der Waals surface area (Å²) in [5.74, 6) is 0.606. The normalized spacial score (nSPS) is 14.3. The average molecular weight is 526 g/mol. The van der Waals surface area contributed by atoms with Crippen LogP contribution >= 0.6 is 0 Å². The van der Waals surface area contributed by atoms with Crippen LogP contribution in [0.4, 0.5) is 16.2 Å². The molecule has 8 nitrogen and oxygen atoms in total. The van der Waals surface area contributed by atoms with Crippen LogP contribution in [0.2, 0.25) is 0 Å². The van der Waals surface area contributed by atoms with Crippen molar-refractivity contribution in [2.75, 3.05) is 44.0 Å². The van der Waals surface area contributed by atoms with Gasteiger partial charge in [0.05, 0.1) is 55.5 Å². The molecule has 8 heteroatoms. The van der Waals surface area contributed by atoms with Crippen molar-refractivity contribution in [2.45, 2.75) is 32.7 Å². The standard InChI is InChI=1S/C31H35N5O3/c1-31(2,3)21-9-12-29(38-4)27(17-21)35-30(37)34-26-11-10-25(23-7-5-6-8-24(23)26)28-19-32-22(18-33-28)20-36-13-15-39-16-14-36/h5-12,17-19H,13-16,20H2,1-4H3,(H2,34,35,37). The lowest BCUT2D eigenvalue weighted by molar-refractivity contribution is 0.0336. The Morgan fingerprint density at radius 2 is 1.69 bits per heavy atom. The van der Waals surface area contributed by atoms with Gasteiger partial charge in [0.25, 0.3) is 0 Å². The highest BCUT2D eigenvalue weighted by molar-refractivity contribution is 6.09. The minimum atomic E-state index is -0.343. The number of anilines is 2. The first kappa shape index (κ1) is 26.6. The van der Waals surface area contributed by atoms with Gasteiger partial charge in [0, 0.05) is 30.6 Å². The van der Waals surface area contributed by atoms with E-state index in [-0.39, 0.29) is 11.4 Å². The van der Waals surface area contributed by atoms with Crippen LogP contribution in [0.1, 0.15) is 32.0 Å². The van der Waals surface area contributed by atoms with Gasteiger partial charge in [-0.3, -0.25) is 14.9 Å². The summed E-state index contributed by atoms with van der Waals surface area (Å²) < 4.78 is 10.9. The monoisotopic (exact) mass is 525 g/mol. The largest absolute Gasteiger partial charge is 0.495 e. The van der Waals surface area contributed by atoms with Crippen molar-refractivity contribution in [3.63, 3.8) is 0 Å². The number of nitrogens with one attached hydrogen (secondary N) is 2. The van der Waals surface area contributed by atoms with Crippen LogP contribution in [0.5, 0.6) is 5.75 Å². The number of carbonyl (C=O) groups excluding carboxylic acids is 1. The molecule has 2 N–H and O–H groups in total. The molecule has 2 amide bonds. The number of nitrogens with zero attached hydrogens (tertiary/aromatic N) is 3. The number of rotatable bonds is 6. The zero-order valence-corrected chi connectivity index (χ0v) is 23.0. The number of aromatic nitrogens is 2. The molecule has 0 saturated carbocycles. The highest BCUT2D eigenvalue weighted by atomic mass is 16.5. The summed E-state index contributed by atoms with van der Waals surface area (Å²) in [4.78, 5) is 24.8. The Bertz CT molecular complexity index is 1460. The molecule has 0 bridgehead atoms. The van der Waals surface area contributed by atoms with E-state index in [9.17, 15) is 4.79 Å². The molecule has 0 spiro atoms. The molecule has 1 aromatic heterocycles. The number of hydrogen-bond acceptors (Lipinski definition) is 6. The molecule has 3 aromatic carbocycles. The predicted octanol–water partition coefficient (Wildman–Crippen LogP) is 6.08. The first-order valence-electron chi connectivity index (χ1n) is 13.2. The third-order valence-electron chi connectivity index (χ3n) is 6.96. The van der Waals surface area contributed by atoms with Crippen LogP contribution in [0, 0.1) is 0 Å². The van der Waals surface area contributed by atoms with Crippen molar-refractivity contribution in [1.82, 2.24) is 14.9 Å². The van der Waals surface area contributed by atoms with E-state index < -0.39 is 0 Å². The van der Waals surface area contributed by atoms with Crippen LogP contribution in [-0.4, -0.2) is 54.3 Å². The van der Waals surface area contributed by atoms with Gasteiger partial charge in [-0.2, -0.15) is 0 Å². The maximum absolute atomic E-state index is 13.1. The second kappa shape index (κ2) is 11.4. The van der Waals surface area contributed by atoms with Crippen LogP contribution in [0.25, 0.3) is 22.0 Å². The van der Waals surface area contributed by atoms with E-state index in [1.165, 1.54) is 0 Å². The molecule has 4 aromatic rings. The van der Waals surface area contributed by atoms with Crippen molar-refractivity contribution < 1.29 is 14.3 Å². The Balaban J connectivity index is 1.36. The van der Waals surface area contributed by atoms with Gasteiger partial charge in [0.1, 0.15) is 5.75 Å². The van der Waals surface area contributed by atoms with Gasteiger partial charge in [-0.1, -0.05) is 57.2 Å². The lowest BCUT2D eigenvalue weighted by Crippen LogP contribution is -2.35. The molecule has 0 radical (unpaired) electrons. The summed E-state index contributed by atoms with van der Waals surface area (Å²) in [7, 11) is 1.60. The molecule has 0 unspecified atom stereocenters. The molecular formula is C31H35N5O3. The summed E-state index contributed by atoms with van der Waals surface area (Å²) in [5, 5.41) is 7.88. The molecule has 1 aliphatic rings. The lowest BCUT2D eigenvalue weighted by Gasteiger charge is -2.25. The Hall–Kier alpha value is -4.01. The fourth-order valence-electron chi connectivity index (χ4n) is 4.74. The Labute approximate surface area is 229 Å². The van der Waals surface area contributed by atoms with Crippen molar-refractivity contribution >= 4 is 28.2 Å². The molecule has 39 heavy (non-hydrogen) atoms. The van der Waals surface area contributed by atoms with Crippen LogP contribution in [-0.2, 0) is 16.7 Å². The molecule has 1 saturated heterocycles. The summed E-state index contributed by atoms with van der Waals surface area (Å²) >= 11 is 0. The third kappa shape index (κ3) is 6.19. The molecule has 0 atom stereocenters. The van der Waals surface area contributed by atoms with E-state index in [2.05, 4.69) is 41.3 Å². The van der Waals surface area contributed by atoms with Crippen molar-refractivity contribution in [3.05, 3.63) is 78.2 Å². The smallest absolute Gasteiger partial charge is 0.323 e. The third-order valence-corrected chi connectivity index (χ3v) is 6.96. The summed E-state index contributed by atoms with van der Waals surface area (Å²) in [6, 6.07) is 17.4. The number of methoxy groups -OCH3 is 1. The number of hydrogen-bond donors (Lipinski definition) is 2. The highest BCUT2D eigenvalue weighted by Crippen LogP contribution is 2.34. The summed E-state index contributed by atoms with van der Waals surface area (Å²) in [6.45, 7) is 10.5. The predicted molar refractivity (Wildman–Crippen MR) is 155 cm³/mol. The minimum Gasteiger partial charge on any atom is -0.495 e. The molecule has 1 fully saturated rings. The van der Waals surface area contributed by atoms with Gasteiger partial charge < -0.3 is 20.1 Å². The molecule has 5 rings (SSSR count). The molecule has 0 aliphatic carbocycles. The van der Waals surface area contributed by atoms with Crippen molar-refractivity contribution in [2.24, 2.45) is 0 Å². The first-order valence-corrected chi connectivity index (χ1v) is 13.2. The van der Waals surface area contributed by atoms with E-state index in [0.717, 1.165) is 66.1 Å². The van der Waals surface area contributed by atoms with E-state index in [4.69, 9.17) is 14.5 Å². The van der Waals surface area contributed by atoms with Gasteiger partial charge in [-0.15, -0.1) is 0 Å². The Morgan fingerprint density at radius 3 is 2.38 bits per heavy atom. The SMILES string of the molecule is COc1ccc(C(C)(C)C)cc1NC(=O)Nc1ccc(-c2cnc(CN3CCOCC3)cn2)c2ccccc12. The van der Waals surface area contributed by atoms with E-state index in [1.54, 1.807) is 7.11 Å². The van der Waals surface area contributed by atoms with Gasteiger partial charge >= 0.3 is 6.03 Å². The fourth-order valence-corrected chi connectivity index (χ4v) is 4.74. The zero-order valence-electron chi connectivity index (χ0n) is 23.0. The second-order valence-electron chi connectivity index (χ2n) is 10.7. The zero-order chi connectivity index (χ0) is 27.4. The number of ether oxygens (including phenoxy) is 2. The molecule has 1 aliphatic heterocycles. The molecule has 202 valence electrons. The second-order valence-corrected chi connectivity index (χ2v) is 10.7. The number of benzene rings is 3. The fraction of sp³-hybridized carbons (Fsp3) is 0.323. The van der Waals surface area contributed by atoms with Gasteiger partial charge in [-0.05, 0) is 34.6 Å². The molecule has 2 heterocycles.